The van der Waals surface area contributed by atoms with Gasteiger partial charge in [0.1, 0.15) is 12.1 Å². The molecule has 6 N–H and O–H groups in total. The van der Waals surface area contributed by atoms with Gasteiger partial charge in [0, 0.05) is 37.3 Å². The molecule has 7 amide bonds. The second-order valence-corrected chi connectivity index (χ2v) is 10.3. The number of carbonyl (C=O) groups is 6. The Hall–Kier alpha value is -4.22. The minimum atomic E-state index is -0.910. The molecule has 0 saturated heterocycles. The third-order valence-corrected chi connectivity index (χ3v) is 6.68. The van der Waals surface area contributed by atoms with Crippen LogP contribution in [0.15, 0.2) is 36.4 Å². The Morgan fingerprint density at radius 2 is 1.49 bits per heavy atom. The molecule has 0 spiro atoms. The average Bonchev–Trinajstić information content (AvgIpc) is 3.30. The van der Waals surface area contributed by atoms with Gasteiger partial charge in [-0.1, -0.05) is 53.2 Å². The summed E-state index contributed by atoms with van der Waals surface area (Å²) >= 11 is 0. The van der Waals surface area contributed by atoms with Crippen LogP contribution in [0, 0.1) is 5.92 Å². The number of nitrogens with two attached hydrogens (primary N) is 1. The van der Waals surface area contributed by atoms with Crippen molar-refractivity contribution in [3.8, 4) is 0 Å². The van der Waals surface area contributed by atoms with Crippen LogP contribution in [0.1, 0.15) is 78.7 Å². The fourth-order valence-electron chi connectivity index (χ4n) is 4.27. The van der Waals surface area contributed by atoms with E-state index in [1.807, 2.05) is 32.9 Å². The summed E-state index contributed by atoms with van der Waals surface area (Å²) in [7, 11) is 0. The lowest BCUT2D eigenvalue weighted by atomic mass is 10.0. The molecule has 0 aliphatic carbocycles. The van der Waals surface area contributed by atoms with Crippen molar-refractivity contribution in [2.75, 3.05) is 18.4 Å². The van der Waals surface area contributed by atoms with Crippen LogP contribution >= 0.6 is 0 Å². The van der Waals surface area contributed by atoms with Gasteiger partial charge in [0.05, 0.1) is 0 Å². The SMILES string of the molecule is CC.CCc1ccc(NC(=O)[C@H](CCCNC(N)=O)NC(=O)[C@@H](NC(=O)CCCCCN2C(=O)C=CC2=O)C(C)C)cc1. The summed E-state index contributed by atoms with van der Waals surface area (Å²) in [6.07, 6.45) is 5.86. The van der Waals surface area contributed by atoms with Crippen molar-refractivity contribution in [1.82, 2.24) is 20.9 Å². The third kappa shape index (κ3) is 13.5. The van der Waals surface area contributed by atoms with Gasteiger partial charge >= 0.3 is 6.03 Å². The van der Waals surface area contributed by atoms with Gasteiger partial charge in [-0.25, -0.2) is 4.79 Å². The predicted molar refractivity (Wildman–Crippen MR) is 166 cm³/mol. The Kier molecular flexibility index (Phi) is 17.0. The number of carbonyl (C=O) groups excluding carboxylic acids is 6. The Balaban J connectivity index is 0.00000452. The van der Waals surface area contributed by atoms with Gasteiger partial charge in [0.25, 0.3) is 11.8 Å². The van der Waals surface area contributed by atoms with Gasteiger partial charge in [-0.05, 0) is 55.7 Å². The van der Waals surface area contributed by atoms with Crippen LogP contribution in [0.25, 0.3) is 0 Å². The summed E-state index contributed by atoms with van der Waals surface area (Å²) in [6, 6.07) is 4.95. The van der Waals surface area contributed by atoms with E-state index in [1.165, 1.54) is 12.2 Å². The van der Waals surface area contributed by atoms with Crippen LogP contribution in [-0.2, 0) is 30.4 Å². The fourth-order valence-corrected chi connectivity index (χ4v) is 4.27. The van der Waals surface area contributed by atoms with Gasteiger partial charge in [-0.15, -0.1) is 0 Å². The molecule has 238 valence electrons. The topological polar surface area (TPSA) is 180 Å². The summed E-state index contributed by atoms with van der Waals surface area (Å²) < 4.78 is 0. The molecule has 2 rings (SSSR count). The summed E-state index contributed by atoms with van der Waals surface area (Å²) in [5.74, 6) is -2.12. The van der Waals surface area contributed by atoms with E-state index in [9.17, 15) is 28.8 Å². The van der Waals surface area contributed by atoms with Crippen molar-refractivity contribution >= 4 is 41.3 Å². The molecule has 43 heavy (non-hydrogen) atoms. The largest absolute Gasteiger partial charge is 0.352 e. The molecule has 2 atom stereocenters. The maximum Gasteiger partial charge on any atom is 0.312 e. The summed E-state index contributed by atoms with van der Waals surface area (Å²) in [6.45, 7) is 10.2. The first kappa shape index (κ1) is 36.8. The number of hydrogen-bond acceptors (Lipinski definition) is 6. The van der Waals surface area contributed by atoms with Crippen molar-refractivity contribution in [2.45, 2.75) is 91.6 Å². The minimum absolute atomic E-state index is 0.174. The van der Waals surface area contributed by atoms with Crippen molar-refractivity contribution in [3.63, 3.8) is 0 Å². The highest BCUT2D eigenvalue weighted by Gasteiger charge is 2.29. The number of aryl methyl sites for hydroxylation is 1. The highest BCUT2D eigenvalue weighted by molar-refractivity contribution is 6.12. The quantitative estimate of drug-likeness (QED) is 0.135. The number of urea groups is 1. The second-order valence-electron chi connectivity index (χ2n) is 10.3. The normalized spacial score (nSPS) is 13.6. The van der Waals surface area contributed by atoms with Crippen LogP contribution < -0.4 is 27.0 Å². The lowest BCUT2D eigenvalue weighted by molar-refractivity contribution is -0.137. The molecule has 1 aliphatic heterocycles. The summed E-state index contributed by atoms with van der Waals surface area (Å²) in [5.41, 5.74) is 6.82. The fraction of sp³-hybridized carbons (Fsp3) is 0.548. The molecule has 0 saturated carbocycles. The maximum absolute atomic E-state index is 13.2. The standard InChI is InChI=1S/C29H42N6O6.C2H6/c1-4-20-11-13-21(14-12-20)32-27(39)22(9-8-17-31-29(30)41)33-28(40)26(19(2)3)34-23(36)10-6-5-7-18-35-24(37)15-16-25(35)38;1-2/h11-16,19,22,26H,4-10,17-18H2,1-3H3,(H,32,39)(H,33,40)(H,34,36)(H3,30,31,41);1-2H3/t22-,26-;/m0./s1. The number of nitrogens with zero attached hydrogens (tertiary/aromatic N) is 1. The molecule has 1 aliphatic rings. The second kappa shape index (κ2) is 19.8. The molecule has 1 aromatic rings. The van der Waals surface area contributed by atoms with Crippen molar-refractivity contribution in [3.05, 3.63) is 42.0 Å². The number of amides is 7. The average molecular weight is 601 g/mol. The van der Waals surface area contributed by atoms with E-state index in [2.05, 4.69) is 21.3 Å². The van der Waals surface area contributed by atoms with Crippen LogP contribution in [0.2, 0.25) is 0 Å². The van der Waals surface area contributed by atoms with E-state index in [1.54, 1.807) is 26.0 Å². The zero-order valence-corrected chi connectivity index (χ0v) is 26.0. The van der Waals surface area contributed by atoms with Gasteiger partial charge in [0.15, 0.2) is 0 Å². The zero-order chi connectivity index (χ0) is 32.4. The number of nitrogens with one attached hydrogen (secondary N) is 4. The number of rotatable bonds is 17. The van der Waals surface area contributed by atoms with E-state index in [4.69, 9.17) is 5.73 Å². The Bertz CT molecular complexity index is 1100. The number of hydrogen-bond donors (Lipinski definition) is 5. The lowest BCUT2D eigenvalue weighted by Gasteiger charge is -2.25. The minimum Gasteiger partial charge on any atom is -0.352 e. The van der Waals surface area contributed by atoms with E-state index in [0.717, 1.165) is 16.9 Å². The molecule has 12 heteroatoms. The molecule has 0 bridgehead atoms. The molecule has 1 aromatic carbocycles. The third-order valence-electron chi connectivity index (χ3n) is 6.68. The summed E-state index contributed by atoms with van der Waals surface area (Å²) in [4.78, 5) is 74.3. The molecule has 0 fully saturated rings. The lowest BCUT2D eigenvalue weighted by Crippen LogP contribution is -2.54. The Morgan fingerprint density at radius 1 is 0.860 bits per heavy atom. The van der Waals surface area contributed by atoms with Crippen LogP contribution in [0.5, 0.6) is 0 Å². The van der Waals surface area contributed by atoms with Crippen molar-refractivity contribution in [2.24, 2.45) is 11.7 Å². The number of imide groups is 1. The Morgan fingerprint density at radius 3 is 2.05 bits per heavy atom. The number of unbranched alkanes of at least 4 members (excludes halogenated alkanes) is 2. The molecule has 0 aromatic heterocycles. The first-order chi connectivity index (χ1) is 20.5. The number of benzene rings is 1. The smallest absolute Gasteiger partial charge is 0.312 e. The van der Waals surface area contributed by atoms with Crippen molar-refractivity contribution in [1.29, 1.82) is 0 Å². The zero-order valence-electron chi connectivity index (χ0n) is 26.0. The first-order valence-electron chi connectivity index (χ1n) is 15.1. The van der Waals surface area contributed by atoms with Gasteiger partial charge in [-0.3, -0.25) is 28.9 Å². The van der Waals surface area contributed by atoms with E-state index in [-0.39, 0.29) is 43.0 Å². The summed E-state index contributed by atoms with van der Waals surface area (Å²) in [5, 5.41) is 10.8. The number of primary amides is 1. The molecular weight excluding hydrogens is 552 g/mol. The molecule has 0 unspecified atom stereocenters. The number of anilines is 1. The Labute approximate surface area is 254 Å². The molecule has 1 heterocycles. The van der Waals surface area contributed by atoms with E-state index < -0.39 is 29.9 Å². The first-order valence-corrected chi connectivity index (χ1v) is 15.1. The highest BCUT2D eigenvalue weighted by atomic mass is 16.2. The van der Waals surface area contributed by atoms with Gasteiger partial charge < -0.3 is 27.0 Å². The van der Waals surface area contributed by atoms with Gasteiger partial charge in [-0.2, -0.15) is 0 Å². The van der Waals surface area contributed by atoms with Crippen LogP contribution in [0.4, 0.5) is 10.5 Å². The predicted octanol–water partition coefficient (Wildman–Crippen LogP) is 2.77. The van der Waals surface area contributed by atoms with E-state index >= 15 is 0 Å². The monoisotopic (exact) mass is 600 g/mol. The van der Waals surface area contributed by atoms with E-state index in [0.29, 0.717) is 37.9 Å². The van der Waals surface area contributed by atoms with Gasteiger partial charge in [0.2, 0.25) is 17.7 Å². The highest BCUT2D eigenvalue weighted by Crippen LogP contribution is 2.13. The molecule has 0 radical (unpaired) electrons. The van der Waals surface area contributed by atoms with Crippen LogP contribution in [0.3, 0.4) is 0 Å². The van der Waals surface area contributed by atoms with Crippen LogP contribution in [-0.4, -0.2) is 65.6 Å². The maximum atomic E-state index is 13.2. The van der Waals surface area contributed by atoms with Crippen molar-refractivity contribution < 1.29 is 28.8 Å². The molecular formula is C31H48N6O6. The molecule has 12 nitrogen and oxygen atoms in total.